The molecular weight excluding hydrogens is 294 g/mol. The molecule has 0 aliphatic heterocycles. The maximum Gasteiger partial charge on any atom is 0.321 e. The zero-order chi connectivity index (χ0) is 11.1. The summed E-state index contributed by atoms with van der Waals surface area (Å²) >= 11 is 0. The van der Waals surface area contributed by atoms with Crippen LogP contribution in [0.1, 0.15) is 0 Å². The zero-order valence-electron chi connectivity index (χ0n) is 7.96. The monoisotopic (exact) mass is 304 g/mol. The van der Waals surface area contributed by atoms with Crippen molar-refractivity contribution >= 4 is 33.5 Å². The fourth-order valence-electron chi connectivity index (χ4n) is 0.385. The van der Waals surface area contributed by atoms with Gasteiger partial charge in [-0.15, -0.1) is 0 Å². The largest absolute Gasteiger partial charge is 0.480 e. The number of hydrogen-bond donors (Lipinski definition) is 4. The van der Waals surface area contributed by atoms with Crippen LogP contribution in [0.15, 0.2) is 0 Å². The molecule has 6 nitrogen and oxygen atoms in total. The van der Waals surface area contributed by atoms with Gasteiger partial charge in [0.2, 0.25) is 0 Å². The Balaban J connectivity index is 0. The van der Waals surface area contributed by atoms with Gasteiger partial charge < -0.3 is 21.7 Å². The van der Waals surface area contributed by atoms with Gasteiger partial charge in [-0.25, -0.2) is 0 Å². The Morgan fingerprint density at radius 1 is 1.00 bits per heavy atom. The molecule has 2 unspecified atom stereocenters. The Bertz CT molecular complexity index is 197. The zero-order valence-corrected chi connectivity index (χ0v) is 12.6. The van der Waals surface area contributed by atoms with Gasteiger partial charge in [-0.2, -0.15) is 0 Å². The second kappa shape index (κ2) is 9.41. The number of carboxylic acid groups (broad SMARTS) is 2. The van der Waals surface area contributed by atoms with Crippen LogP contribution in [0.5, 0.6) is 0 Å². The first kappa shape index (κ1) is 17.6. The van der Waals surface area contributed by atoms with Crippen molar-refractivity contribution in [1.82, 2.24) is 0 Å². The van der Waals surface area contributed by atoms with E-state index in [4.69, 9.17) is 21.7 Å². The summed E-state index contributed by atoms with van der Waals surface area (Å²) in [6, 6.07) is -1.85. The molecule has 0 aromatic heterocycles. The van der Waals surface area contributed by atoms with Gasteiger partial charge in [-0.05, 0) is 0 Å². The molecule has 0 radical (unpaired) electrons. The van der Waals surface area contributed by atoms with E-state index in [-0.39, 0.29) is 31.0 Å². The van der Waals surface area contributed by atoms with Crippen LogP contribution in [0.25, 0.3) is 0 Å². The van der Waals surface area contributed by atoms with Crippen LogP contribution in [0, 0.1) is 0 Å². The van der Waals surface area contributed by atoms with Gasteiger partial charge in [0, 0.05) is 31.0 Å². The molecule has 0 aliphatic carbocycles. The Hall–Kier alpha value is 0.183. The minimum Gasteiger partial charge on any atom is -0.480 e. The van der Waals surface area contributed by atoms with E-state index < -0.39 is 24.0 Å². The normalized spacial score (nSPS) is 13.7. The topological polar surface area (TPSA) is 127 Å². The fraction of sp³-hybridized carbons (Fsp3) is 0.667. The quantitative estimate of drug-likeness (QED) is 0.273. The average Bonchev–Trinajstić information content (AvgIpc) is 2.11. The maximum absolute atomic E-state index is 10.3. The summed E-state index contributed by atoms with van der Waals surface area (Å²) in [7, 11) is 2.41. The third-order valence-electron chi connectivity index (χ3n) is 1.21. The van der Waals surface area contributed by atoms with Gasteiger partial charge in [-0.1, -0.05) is 21.6 Å². The SMILES string of the molecule is NC(CSSCC(N)C(=O)O)C(=O)O.[Zn]. The second-order valence-corrected chi connectivity index (χ2v) is 5.01. The summed E-state index contributed by atoms with van der Waals surface area (Å²) in [6.07, 6.45) is 0. The first-order chi connectivity index (χ1) is 6.45. The minimum atomic E-state index is -1.07. The molecule has 0 aromatic carbocycles. The van der Waals surface area contributed by atoms with Crippen LogP contribution in [0.3, 0.4) is 0 Å². The Kier molecular flexibility index (Phi) is 11.0. The van der Waals surface area contributed by atoms with Gasteiger partial charge >= 0.3 is 11.9 Å². The van der Waals surface area contributed by atoms with E-state index in [0.717, 1.165) is 0 Å². The van der Waals surface area contributed by atoms with Crippen molar-refractivity contribution in [3.63, 3.8) is 0 Å². The van der Waals surface area contributed by atoms with Crippen molar-refractivity contribution in [3.8, 4) is 0 Å². The van der Waals surface area contributed by atoms with Gasteiger partial charge in [0.15, 0.2) is 0 Å². The molecule has 9 heteroatoms. The van der Waals surface area contributed by atoms with Crippen LogP contribution in [-0.4, -0.2) is 45.7 Å². The molecule has 84 valence electrons. The predicted molar refractivity (Wildman–Crippen MR) is 56.1 cm³/mol. The van der Waals surface area contributed by atoms with Crippen LogP contribution in [-0.2, 0) is 29.1 Å². The molecule has 0 heterocycles. The van der Waals surface area contributed by atoms with Crippen molar-refractivity contribution in [2.45, 2.75) is 12.1 Å². The van der Waals surface area contributed by atoms with E-state index in [2.05, 4.69) is 0 Å². The van der Waals surface area contributed by atoms with E-state index in [1.165, 1.54) is 21.6 Å². The van der Waals surface area contributed by atoms with Gasteiger partial charge in [-0.3, -0.25) is 9.59 Å². The summed E-state index contributed by atoms with van der Waals surface area (Å²) in [4.78, 5) is 20.5. The summed E-state index contributed by atoms with van der Waals surface area (Å²) in [6.45, 7) is 0. The van der Waals surface area contributed by atoms with Crippen molar-refractivity contribution in [2.24, 2.45) is 11.5 Å². The smallest absolute Gasteiger partial charge is 0.321 e. The van der Waals surface area contributed by atoms with Crippen LogP contribution >= 0.6 is 21.6 Å². The predicted octanol–water partition coefficient (Wildman–Crippen LogP) is -0.811. The van der Waals surface area contributed by atoms with E-state index in [1.807, 2.05) is 0 Å². The number of rotatable bonds is 7. The van der Waals surface area contributed by atoms with Gasteiger partial charge in [0.1, 0.15) is 12.1 Å². The maximum atomic E-state index is 10.3. The van der Waals surface area contributed by atoms with E-state index >= 15 is 0 Å². The van der Waals surface area contributed by atoms with E-state index in [0.29, 0.717) is 0 Å². The molecule has 0 rings (SSSR count). The molecule has 0 saturated heterocycles. The first-order valence-corrected chi connectivity index (χ1v) is 6.15. The Labute approximate surface area is 108 Å². The molecule has 0 spiro atoms. The average molecular weight is 306 g/mol. The summed E-state index contributed by atoms with van der Waals surface area (Å²) in [5.74, 6) is -1.68. The molecule has 0 amide bonds. The standard InChI is InChI=1S/C6H12N2O4S2.Zn/c7-3(5(9)10)1-13-14-2-4(8)6(11)12;/h3-4H,1-2,7-8H2,(H,9,10)(H,11,12);. The molecule has 0 aliphatic rings. The Morgan fingerprint density at radius 3 is 1.47 bits per heavy atom. The summed E-state index contributed by atoms with van der Waals surface area (Å²) in [5, 5.41) is 16.8. The third-order valence-corrected chi connectivity index (χ3v) is 3.69. The number of carbonyl (C=O) groups is 2. The number of hydrogen-bond acceptors (Lipinski definition) is 6. The molecule has 0 bridgehead atoms. The minimum absolute atomic E-state index is 0. The fourth-order valence-corrected chi connectivity index (χ4v) is 2.61. The van der Waals surface area contributed by atoms with Gasteiger partial charge in [0.05, 0.1) is 0 Å². The summed E-state index contributed by atoms with van der Waals surface area (Å²) in [5.41, 5.74) is 10.4. The molecule has 0 saturated carbocycles. The first-order valence-electron chi connectivity index (χ1n) is 3.66. The number of carboxylic acids is 2. The number of nitrogens with two attached hydrogens (primary N) is 2. The third kappa shape index (κ3) is 9.13. The Morgan fingerprint density at radius 2 is 1.27 bits per heavy atom. The molecule has 0 aromatic rings. The van der Waals surface area contributed by atoms with Crippen molar-refractivity contribution in [2.75, 3.05) is 11.5 Å². The summed E-state index contributed by atoms with van der Waals surface area (Å²) < 4.78 is 0. The van der Waals surface area contributed by atoms with Crippen molar-refractivity contribution in [1.29, 1.82) is 0 Å². The van der Waals surface area contributed by atoms with E-state index in [1.54, 1.807) is 0 Å². The molecule has 2 atom stereocenters. The molecule has 15 heavy (non-hydrogen) atoms. The molecular formula is C6H12N2O4S2Zn. The second-order valence-electron chi connectivity index (χ2n) is 2.46. The number of aliphatic carboxylic acids is 2. The molecule has 0 fully saturated rings. The van der Waals surface area contributed by atoms with Crippen molar-refractivity contribution < 1.29 is 39.3 Å². The van der Waals surface area contributed by atoms with Gasteiger partial charge in [0.25, 0.3) is 0 Å². The van der Waals surface area contributed by atoms with Crippen LogP contribution < -0.4 is 11.5 Å². The van der Waals surface area contributed by atoms with Crippen molar-refractivity contribution in [3.05, 3.63) is 0 Å². The van der Waals surface area contributed by atoms with E-state index in [9.17, 15) is 9.59 Å². The van der Waals surface area contributed by atoms with Crippen LogP contribution in [0.4, 0.5) is 0 Å². The molecule has 6 N–H and O–H groups in total. The van der Waals surface area contributed by atoms with Crippen LogP contribution in [0.2, 0.25) is 0 Å².